The van der Waals surface area contributed by atoms with Crippen LogP contribution in [0.1, 0.15) is 6.92 Å². The average molecular weight is 267 g/mol. The molecule has 0 aliphatic rings. The maximum absolute atomic E-state index is 5.77. The Balaban J connectivity index is 2.12. The molecule has 2 aromatic heterocycles. The van der Waals surface area contributed by atoms with Crippen molar-refractivity contribution in [1.82, 2.24) is 15.0 Å². The molecule has 0 atom stereocenters. The third-order valence-electron chi connectivity index (χ3n) is 1.91. The van der Waals surface area contributed by atoms with E-state index in [1.807, 2.05) is 25.1 Å². The highest BCUT2D eigenvalue weighted by molar-refractivity contribution is 7.99. The van der Waals surface area contributed by atoms with Crippen molar-refractivity contribution in [3.8, 4) is 0 Å². The fraction of sp³-hybridized carbons (Fsp3) is 0.182. The van der Waals surface area contributed by atoms with Crippen LogP contribution in [0.4, 0.5) is 5.82 Å². The molecule has 4 nitrogen and oxygen atoms in total. The minimum atomic E-state index is 0.630. The quantitative estimate of drug-likeness (QED) is 0.862. The van der Waals surface area contributed by atoms with Gasteiger partial charge in [-0.15, -0.1) is 0 Å². The fourth-order valence-electron chi connectivity index (χ4n) is 1.20. The Labute approximate surface area is 109 Å². The van der Waals surface area contributed by atoms with Gasteiger partial charge in [-0.3, -0.25) is 0 Å². The number of rotatable bonds is 4. The van der Waals surface area contributed by atoms with Crippen molar-refractivity contribution in [3.63, 3.8) is 0 Å². The topological polar surface area (TPSA) is 50.7 Å². The number of halogens is 1. The first kappa shape index (κ1) is 12.1. The van der Waals surface area contributed by atoms with Crippen molar-refractivity contribution in [1.29, 1.82) is 0 Å². The fourth-order valence-corrected chi connectivity index (χ4v) is 2.04. The molecule has 0 aliphatic carbocycles. The molecular formula is C11H11ClN4S. The Bertz CT molecular complexity index is 489. The maximum Gasteiger partial charge on any atom is 0.130 e. The molecule has 0 radical (unpaired) electrons. The van der Waals surface area contributed by atoms with Gasteiger partial charge in [-0.1, -0.05) is 11.6 Å². The van der Waals surface area contributed by atoms with Crippen molar-refractivity contribution in [2.24, 2.45) is 0 Å². The highest BCUT2D eigenvalue weighted by atomic mass is 35.5. The third-order valence-corrected chi connectivity index (χ3v) is 3.02. The number of anilines is 1. The van der Waals surface area contributed by atoms with E-state index in [-0.39, 0.29) is 0 Å². The SMILES string of the molecule is CCNc1cc(Sc2ccc(Cl)cn2)ncn1. The van der Waals surface area contributed by atoms with E-state index < -0.39 is 0 Å². The van der Waals surface area contributed by atoms with Crippen molar-refractivity contribution >= 4 is 29.2 Å². The lowest BCUT2D eigenvalue weighted by Crippen LogP contribution is -1.99. The molecule has 2 rings (SSSR count). The summed E-state index contributed by atoms with van der Waals surface area (Å²) in [6.07, 6.45) is 3.16. The van der Waals surface area contributed by atoms with Gasteiger partial charge in [-0.25, -0.2) is 15.0 Å². The minimum Gasteiger partial charge on any atom is -0.370 e. The summed E-state index contributed by atoms with van der Waals surface area (Å²) in [5.74, 6) is 0.818. The summed E-state index contributed by atoms with van der Waals surface area (Å²) in [4.78, 5) is 12.5. The van der Waals surface area contributed by atoms with E-state index in [0.29, 0.717) is 5.02 Å². The molecule has 0 spiro atoms. The molecule has 0 amide bonds. The molecule has 0 fully saturated rings. The first-order valence-corrected chi connectivity index (χ1v) is 6.32. The largest absolute Gasteiger partial charge is 0.370 e. The molecule has 88 valence electrons. The lowest BCUT2D eigenvalue weighted by molar-refractivity contribution is 1.02. The second-order valence-corrected chi connectivity index (χ2v) is 4.67. The lowest BCUT2D eigenvalue weighted by atomic mass is 10.5. The van der Waals surface area contributed by atoms with Crippen molar-refractivity contribution in [2.75, 3.05) is 11.9 Å². The van der Waals surface area contributed by atoms with Gasteiger partial charge in [0.1, 0.15) is 22.2 Å². The third kappa shape index (κ3) is 3.57. The minimum absolute atomic E-state index is 0.630. The van der Waals surface area contributed by atoms with Crippen LogP contribution in [0.5, 0.6) is 0 Å². The van der Waals surface area contributed by atoms with Crippen LogP contribution < -0.4 is 5.32 Å². The van der Waals surface area contributed by atoms with Gasteiger partial charge in [-0.05, 0) is 30.8 Å². The molecule has 0 aliphatic heterocycles. The Kier molecular flexibility index (Phi) is 4.17. The average Bonchev–Trinajstić information content (AvgIpc) is 2.33. The smallest absolute Gasteiger partial charge is 0.130 e. The lowest BCUT2D eigenvalue weighted by Gasteiger charge is -2.03. The van der Waals surface area contributed by atoms with E-state index in [0.717, 1.165) is 22.4 Å². The number of pyridine rings is 1. The van der Waals surface area contributed by atoms with Crippen LogP contribution in [0, 0.1) is 0 Å². The van der Waals surface area contributed by atoms with Crippen molar-refractivity contribution in [2.45, 2.75) is 17.0 Å². The molecule has 0 bridgehead atoms. The summed E-state index contributed by atoms with van der Waals surface area (Å²) in [6, 6.07) is 5.57. The molecule has 6 heteroatoms. The first-order valence-electron chi connectivity index (χ1n) is 5.13. The molecule has 1 N–H and O–H groups in total. The van der Waals surface area contributed by atoms with Gasteiger partial charge in [0, 0.05) is 18.8 Å². The summed E-state index contributed by atoms with van der Waals surface area (Å²) in [5.41, 5.74) is 0. The normalized spacial score (nSPS) is 10.2. The first-order chi connectivity index (χ1) is 8.28. The van der Waals surface area contributed by atoms with E-state index >= 15 is 0 Å². The van der Waals surface area contributed by atoms with Gasteiger partial charge >= 0.3 is 0 Å². The molecule has 0 saturated carbocycles. The molecule has 0 aromatic carbocycles. The standard InChI is InChI=1S/C11H11ClN4S/c1-2-13-9-5-11(16-7-15-9)17-10-4-3-8(12)6-14-10/h3-7H,2H2,1H3,(H,13,15,16). The molecular weight excluding hydrogens is 256 g/mol. The molecule has 17 heavy (non-hydrogen) atoms. The Morgan fingerprint density at radius 3 is 2.82 bits per heavy atom. The van der Waals surface area contributed by atoms with E-state index in [2.05, 4.69) is 20.3 Å². The van der Waals surface area contributed by atoms with Crippen LogP contribution in [-0.4, -0.2) is 21.5 Å². The van der Waals surface area contributed by atoms with E-state index in [9.17, 15) is 0 Å². The summed E-state index contributed by atoms with van der Waals surface area (Å²) < 4.78 is 0. The summed E-state index contributed by atoms with van der Waals surface area (Å²) in [5, 5.41) is 5.48. The second-order valence-electron chi connectivity index (χ2n) is 3.19. The second kappa shape index (κ2) is 5.84. The molecule has 0 saturated heterocycles. The van der Waals surface area contributed by atoms with Gasteiger partial charge in [0.25, 0.3) is 0 Å². The Hall–Kier alpha value is -1.33. The van der Waals surface area contributed by atoms with Gasteiger partial charge in [0.05, 0.1) is 5.02 Å². The van der Waals surface area contributed by atoms with Crippen LogP contribution in [0.15, 0.2) is 40.8 Å². The number of nitrogens with one attached hydrogen (secondary N) is 1. The van der Waals surface area contributed by atoms with Crippen LogP contribution in [0.2, 0.25) is 5.02 Å². The van der Waals surface area contributed by atoms with Crippen LogP contribution >= 0.6 is 23.4 Å². The van der Waals surface area contributed by atoms with Crippen molar-refractivity contribution < 1.29 is 0 Å². The maximum atomic E-state index is 5.77. The van der Waals surface area contributed by atoms with E-state index in [4.69, 9.17) is 11.6 Å². The summed E-state index contributed by atoms with van der Waals surface area (Å²) in [7, 11) is 0. The van der Waals surface area contributed by atoms with Crippen molar-refractivity contribution in [3.05, 3.63) is 35.7 Å². The summed E-state index contributed by atoms with van der Waals surface area (Å²) in [6.45, 7) is 2.86. The number of hydrogen-bond donors (Lipinski definition) is 1. The zero-order chi connectivity index (χ0) is 12.1. The predicted octanol–water partition coefficient (Wildman–Crippen LogP) is 3.11. The van der Waals surface area contributed by atoms with Gasteiger partial charge in [0.2, 0.25) is 0 Å². The predicted molar refractivity (Wildman–Crippen MR) is 69.6 cm³/mol. The Morgan fingerprint density at radius 2 is 2.12 bits per heavy atom. The number of aromatic nitrogens is 3. The summed E-state index contributed by atoms with van der Waals surface area (Å²) >= 11 is 7.25. The monoisotopic (exact) mass is 266 g/mol. The highest BCUT2D eigenvalue weighted by Gasteiger charge is 2.02. The Morgan fingerprint density at radius 1 is 1.24 bits per heavy atom. The van der Waals surface area contributed by atoms with Gasteiger partial charge < -0.3 is 5.32 Å². The van der Waals surface area contributed by atoms with Crippen LogP contribution in [-0.2, 0) is 0 Å². The van der Waals surface area contributed by atoms with Gasteiger partial charge in [0.15, 0.2) is 0 Å². The van der Waals surface area contributed by atoms with Crippen LogP contribution in [0.25, 0.3) is 0 Å². The van der Waals surface area contributed by atoms with E-state index in [1.165, 1.54) is 18.1 Å². The highest BCUT2D eigenvalue weighted by Crippen LogP contribution is 2.25. The number of hydrogen-bond acceptors (Lipinski definition) is 5. The van der Waals surface area contributed by atoms with E-state index in [1.54, 1.807) is 6.20 Å². The van der Waals surface area contributed by atoms with Crippen LogP contribution in [0.3, 0.4) is 0 Å². The zero-order valence-corrected chi connectivity index (χ0v) is 10.8. The molecule has 2 aromatic rings. The molecule has 0 unspecified atom stereocenters. The number of nitrogens with zero attached hydrogens (tertiary/aromatic N) is 3. The molecule has 2 heterocycles. The van der Waals surface area contributed by atoms with Gasteiger partial charge in [-0.2, -0.15) is 0 Å². The zero-order valence-electron chi connectivity index (χ0n) is 9.22.